The number of hydrogen-bond acceptors (Lipinski definition) is 3. The van der Waals surface area contributed by atoms with Crippen LogP contribution in [-0.4, -0.2) is 4.98 Å². The van der Waals surface area contributed by atoms with Crippen LogP contribution >= 0.6 is 22.9 Å². The molecule has 0 aliphatic carbocycles. The van der Waals surface area contributed by atoms with Crippen LogP contribution in [-0.2, 0) is 13.1 Å². The predicted octanol–water partition coefficient (Wildman–Crippen LogP) is 2.69. The Morgan fingerprint density at radius 1 is 1.41 bits per heavy atom. The maximum atomic E-state index is 10.9. The fourth-order valence-electron chi connectivity index (χ4n) is 1.53. The number of rotatable bonds is 4. The van der Waals surface area contributed by atoms with Crippen LogP contribution < -0.4 is 10.2 Å². The molecule has 0 spiro atoms. The molecule has 0 amide bonds. The predicted molar refractivity (Wildman–Crippen MR) is 71.7 cm³/mol. The van der Waals surface area contributed by atoms with Gasteiger partial charge in [-0.1, -0.05) is 35.1 Å². The molecule has 0 atom stereocenters. The number of benzene rings is 1. The molecule has 2 N–H and O–H groups in total. The Balaban J connectivity index is 1.92. The SMILES string of the molecule is Cc1ccc(CNCc2csc(=O)[nH]2)c(Cl)c1. The second-order valence-electron chi connectivity index (χ2n) is 3.87. The van der Waals surface area contributed by atoms with Crippen molar-refractivity contribution in [2.45, 2.75) is 20.0 Å². The second-order valence-corrected chi connectivity index (χ2v) is 5.12. The maximum Gasteiger partial charge on any atom is 0.304 e. The minimum Gasteiger partial charge on any atom is -0.315 e. The lowest BCUT2D eigenvalue weighted by Crippen LogP contribution is -2.14. The third kappa shape index (κ3) is 3.43. The third-order valence-corrected chi connectivity index (χ3v) is 3.48. The van der Waals surface area contributed by atoms with E-state index in [-0.39, 0.29) is 4.87 Å². The summed E-state index contributed by atoms with van der Waals surface area (Å²) in [6.07, 6.45) is 0. The molecular weight excluding hydrogens is 256 g/mol. The van der Waals surface area contributed by atoms with E-state index in [4.69, 9.17) is 11.6 Å². The zero-order chi connectivity index (χ0) is 12.3. The monoisotopic (exact) mass is 268 g/mol. The van der Waals surface area contributed by atoms with Crippen LogP contribution in [0.25, 0.3) is 0 Å². The molecule has 1 aromatic heterocycles. The first-order valence-electron chi connectivity index (χ1n) is 5.27. The summed E-state index contributed by atoms with van der Waals surface area (Å²) in [6.45, 7) is 3.35. The van der Waals surface area contributed by atoms with E-state index in [1.165, 1.54) is 11.3 Å². The molecule has 17 heavy (non-hydrogen) atoms. The van der Waals surface area contributed by atoms with Gasteiger partial charge in [-0.3, -0.25) is 4.79 Å². The van der Waals surface area contributed by atoms with E-state index in [0.29, 0.717) is 13.1 Å². The zero-order valence-electron chi connectivity index (χ0n) is 9.42. The van der Waals surface area contributed by atoms with E-state index >= 15 is 0 Å². The minimum atomic E-state index is -0.0184. The van der Waals surface area contributed by atoms with Crippen molar-refractivity contribution < 1.29 is 0 Å². The molecule has 2 rings (SSSR count). The molecule has 0 saturated carbocycles. The molecule has 0 bridgehead atoms. The van der Waals surface area contributed by atoms with E-state index in [9.17, 15) is 4.79 Å². The van der Waals surface area contributed by atoms with Gasteiger partial charge in [0.05, 0.1) is 0 Å². The Labute approximate surface area is 108 Å². The summed E-state index contributed by atoms with van der Waals surface area (Å²) in [6, 6.07) is 6.00. The van der Waals surface area contributed by atoms with Gasteiger partial charge in [0.25, 0.3) is 0 Å². The van der Waals surface area contributed by atoms with E-state index in [1.54, 1.807) is 0 Å². The van der Waals surface area contributed by atoms with Gasteiger partial charge in [-0.2, -0.15) is 0 Å². The largest absolute Gasteiger partial charge is 0.315 e. The van der Waals surface area contributed by atoms with Crippen molar-refractivity contribution >= 4 is 22.9 Å². The van der Waals surface area contributed by atoms with Crippen molar-refractivity contribution in [2.75, 3.05) is 0 Å². The number of thiazole rings is 1. The van der Waals surface area contributed by atoms with Crippen molar-refractivity contribution in [3.63, 3.8) is 0 Å². The lowest BCUT2D eigenvalue weighted by Gasteiger charge is -2.06. The normalized spacial score (nSPS) is 10.7. The van der Waals surface area contributed by atoms with Crippen LogP contribution in [0, 0.1) is 6.92 Å². The summed E-state index contributed by atoms with van der Waals surface area (Å²) < 4.78 is 0. The van der Waals surface area contributed by atoms with Gasteiger partial charge in [-0.05, 0) is 24.1 Å². The van der Waals surface area contributed by atoms with Crippen molar-refractivity contribution in [3.8, 4) is 0 Å². The fraction of sp³-hybridized carbons (Fsp3) is 0.250. The lowest BCUT2D eigenvalue weighted by atomic mass is 10.1. The molecule has 1 heterocycles. The molecule has 2 aromatic rings. The Morgan fingerprint density at radius 3 is 2.88 bits per heavy atom. The van der Waals surface area contributed by atoms with Crippen LogP contribution in [0.3, 0.4) is 0 Å². The summed E-state index contributed by atoms with van der Waals surface area (Å²) in [5.41, 5.74) is 3.12. The molecule has 5 heteroatoms. The summed E-state index contributed by atoms with van der Waals surface area (Å²) in [4.78, 5) is 13.7. The van der Waals surface area contributed by atoms with E-state index < -0.39 is 0 Å². The highest BCUT2D eigenvalue weighted by molar-refractivity contribution is 7.07. The van der Waals surface area contributed by atoms with Crippen LogP contribution in [0.2, 0.25) is 5.02 Å². The topological polar surface area (TPSA) is 44.9 Å². The summed E-state index contributed by atoms with van der Waals surface area (Å²) in [5.74, 6) is 0. The molecule has 0 radical (unpaired) electrons. The number of nitrogens with one attached hydrogen (secondary N) is 2. The van der Waals surface area contributed by atoms with Crippen molar-refractivity contribution in [3.05, 3.63) is 55.1 Å². The Bertz CT molecular complexity index is 562. The van der Waals surface area contributed by atoms with Crippen LogP contribution in [0.15, 0.2) is 28.4 Å². The molecule has 1 aromatic carbocycles. The summed E-state index contributed by atoms with van der Waals surface area (Å²) in [5, 5.41) is 5.84. The number of halogens is 1. The first-order chi connectivity index (χ1) is 8.15. The second kappa shape index (κ2) is 5.49. The highest BCUT2D eigenvalue weighted by atomic mass is 35.5. The quantitative estimate of drug-likeness (QED) is 0.896. The summed E-state index contributed by atoms with van der Waals surface area (Å²) >= 11 is 7.30. The highest BCUT2D eigenvalue weighted by Gasteiger charge is 2.01. The number of H-pyrrole nitrogens is 1. The van der Waals surface area contributed by atoms with Crippen LogP contribution in [0.5, 0.6) is 0 Å². The molecule has 0 unspecified atom stereocenters. The van der Waals surface area contributed by atoms with Crippen molar-refractivity contribution in [1.82, 2.24) is 10.3 Å². The average Bonchev–Trinajstić information content (AvgIpc) is 2.68. The standard InChI is InChI=1S/C12H13ClN2OS/c1-8-2-3-9(11(13)4-8)5-14-6-10-7-17-12(16)15-10/h2-4,7,14H,5-6H2,1H3,(H,15,16). The average molecular weight is 269 g/mol. The van der Waals surface area contributed by atoms with Crippen molar-refractivity contribution in [2.24, 2.45) is 0 Å². The van der Waals surface area contributed by atoms with Gasteiger partial charge in [0.2, 0.25) is 0 Å². The molecule has 90 valence electrons. The van der Waals surface area contributed by atoms with Gasteiger partial charge >= 0.3 is 4.87 Å². The molecular formula is C12H13ClN2OS. The first-order valence-corrected chi connectivity index (χ1v) is 6.53. The smallest absolute Gasteiger partial charge is 0.304 e. The Morgan fingerprint density at radius 2 is 2.24 bits per heavy atom. The van der Waals surface area contributed by atoms with Gasteiger partial charge in [0.1, 0.15) is 0 Å². The van der Waals surface area contributed by atoms with Gasteiger partial charge in [-0.15, -0.1) is 0 Å². The third-order valence-electron chi connectivity index (χ3n) is 2.41. The van der Waals surface area contributed by atoms with E-state index in [2.05, 4.69) is 10.3 Å². The fourth-order valence-corrected chi connectivity index (χ4v) is 2.41. The molecule has 3 nitrogen and oxygen atoms in total. The van der Waals surface area contributed by atoms with Gasteiger partial charge < -0.3 is 10.3 Å². The number of aromatic amines is 1. The van der Waals surface area contributed by atoms with E-state index in [0.717, 1.165) is 21.8 Å². The van der Waals surface area contributed by atoms with Gasteiger partial charge in [0.15, 0.2) is 0 Å². The molecule has 0 aliphatic rings. The highest BCUT2D eigenvalue weighted by Crippen LogP contribution is 2.17. The number of aromatic nitrogens is 1. The Hall–Kier alpha value is -1.10. The van der Waals surface area contributed by atoms with Crippen molar-refractivity contribution in [1.29, 1.82) is 0 Å². The first kappa shape index (κ1) is 12.4. The van der Waals surface area contributed by atoms with E-state index in [1.807, 2.05) is 30.5 Å². The van der Waals surface area contributed by atoms with Crippen LogP contribution in [0.1, 0.15) is 16.8 Å². The maximum absolute atomic E-state index is 10.9. The Kier molecular flexibility index (Phi) is 3.99. The lowest BCUT2D eigenvalue weighted by molar-refractivity contribution is 0.681. The van der Waals surface area contributed by atoms with Gasteiger partial charge in [0, 0.05) is 29.2 Å². The zero-order valence-corrected chi connectivity index (χ0v) is 11.0. The number of aryl methyl sites for hydroxylation is 1. The van der Waals surface area contributed by atoms with Gasteiger partial charge in [-0.25, -0.2) is 0 Å². The summed E-state index contributed by atoms with van der Waals surface area (Å²) in [7, 11) is 0. The number of hydrogen-bond donors (Lipinski definition) is 2. The molecule has 0 fully saturated rings. The molecule has 0 aliphatic heterocycles. The minimum absolute atomic E-state index is 0.0184. The van der Waals surface area contributed by atoms with Crippen LogP contribution in [0.4, 0.5) is 0 Å². The molecule has 0 saturated heterocycles.